The minimum absolute atomic E-state index is 0.0865. The number of hydrogen-bond acceptors (Lipinski definition) is 4. The van der Waals surface area contributed by atoms with Crippen LogP contribution < -0.4 is 4.90 Å². The number of nitrogens with zero attached hydrogens (tertiary/aromatic N) is 1. The molecule has 4 rings (SSSR count). The fraction of sp³-hybridized carbons (Fsp3) is 0.130. The van der Waals surface area contributed by atoms with E-state index >= 15 is 0 Å². The number of ketones is 1. The van der Waals surface area contributed by atoms with E-state index in [2.05, 4.69) is 0 Å². The molecule has 146 valence electrons. The van der Waals surface area contributed by atoms with Crippen molar-refractivity contribution in [3.63, 3.8) is 0 Å². The first-order valence-corrected chi connectivity index (χ1v) is 10.3. The lowest BCUT2D eigenvalue weighted by Crippen LogP contribution is -2.29. The zero-order valence-corrected chi connectivity index (χ0v) is 17.4. The van der Waals surface area contributed by atoms with Gasteiger partial charge in [0.2, 0.25) is 0 Å². The van der Waals surface area contributed by atoms with E-state index in [-0.39, 0.29) is 11.3 Å². The number of carbonyl (C=O) groups is 2. The Kier molecular flexibility index (Phi) is 5.03. The molecule has 1 aromatic heterocycles. The van der Waals surface area contributed by atoms with Gasteiger partial charge >= 0.3 is 0 Å². The van der Waals surface area contributed by atoms with Crippen molar-refractivity contribution < 1.29 is 14.7 Å². The monoisotopic (exact) mass is 423 g/mol. The highest BCUT2D eigenvalue weighted by Gasteiger charge is 2.47. The van der Waals surface area contributed by atoms with Crippen molar-refractivity contribution in [2.24, 2.45) is 0 Å². The SMILES string of the molecule is Cc1ccc(N2C(=O)C(=O)/C(=C(\O)c3ccc(Cl)cc3)C2c2sccc2C)cc1. The summed E-state index contributed by atoms with van der Waals surface area (Å²) < 4.78 is 0. The molecule has 1 saturated heterocycles. The molecule has 1 unspecified atom stereocenters. The van der Waals surface area contributed by atoms with E-state index in [1.54, 1.807) is 24.3 Å². The largest absolute Gasteiger partial charge is 0.507 e. The van der Waals surface area contributed by atoms with Crippen molar-refractivity contribution in [3.05, 3.63) is 92.1 Å². The second-order valence-corrected chi connectivity index (χ2v) is 8.36. The number of anilines is 1. The molecular formula is C23H18ClNO3S. The Morgan fingerprint density at radius 3 is 2.24 bits per heavy atom. The standard InChI is InChI=1S/C23H18ClNO3S/c1-13-3-9-17(10-4-13)25-19(22-14(2)11-12-29-22)18(21(27)23(25)28)20(26)15-5-7-16(24)8-6-15/h3-12,19,26H,1-2H3/b20-18-. The summed E-state index contributed by atoms with van der Waals surface area (Å²) in [5.41, 5.74) is 3.15. The number of amides is 1. The first-order valence-electron chi connectivity index (χ1n) is 9.06. The third-order valence-electron chi connectivity index (χ3n) is 5.02. The molecule has 1 atom stereocenters. The molecule has 4 nitrogen and oxygen atoms in total. The number of Topliss-reactive ketones (excluding diaryl/α,β-unsaturated/α-hetero) is 1. The molecule has 1 aliphatic heterocycles. The van der Waals surface area contributed by atoms with Crippen LogP contribution in [-0.4, -0.2) is 16.8 Å². The minimum Gasteiger partial charge on any atom is -0.507 e. The van der Waals surface area contributed by atoms with Gasteiger partial charge in [-0.15, -0.1) is 11.3 Å². The third kappa shape index (κ3) is 3.37. The van der Waals surface area contributed by atoms with E-state index < -0.39 is 17.7 Å². The Labute approximate surface area is 177 Å². The van der Waals surface area contributed by atoms with Crippen molar-refractivity contribution in [1.82, 2.24) is 0 Å². The predicted molar refractivity (Wildman–Crippen MR) is 116 cm³/mol. The molecule has 0 spiro atoms. The summed E-state index contributed by atoms with van der Waals surface area (Å²) in [7, 11) is 0. The number of aliphatic hydroxyl groups is 1. The quantitative estimate of drug-likeness (QED) is 0.336. The number of halogens is 1. The maximum atomic E-state index is 13.0. The van der Waals surface area contributed by atoms with Crippen LogP contribution in [0.15, 0.2) is 65.6 Å². The normalized spacial score (nSPS) is 18.4. The van der Waals surface area contributed by atoms with Crippen LogP contribution in [0.25, 0.3) is 5.76 Å². The van der Waals surface area contributed by atoms with E-state index in [1.165, 1.54) is 16.2 Å². The molecular weight excluding hydrogens is 406 g/mol. The number of benzene rings is 2. The summed E-state index contributed by atoms with van der Waals surface area (Å²) >= 11 is 7.41. The first kappa shape index (κ1) is 19.4. The highest BCUT2D eigenvalue weighted by molar-refractivity contribution is 7.10. The van der Waals surface area contributed by atoms with Gasteiger partial charge in [0.1, 0.15) is 11.8 Å². The van der Waals surface area contributed by atoms with Gasteiger partial charge in [-0.25, -0.2) is 0 Å². The summed E-state index contributed by atoms with van der Waals surface area (Å²) in [5, 5.41) is 13.4. The lowest BCUT2D eigenvalue weighted by atomic mass is 9.98. The number of thiophene rings is 1. The van der Waals surface area contributed by atoms with Gasteiger partial charge in [-0.3, -0.25) is 14.5 Å². The van der Waals surface area contributed by atoms with Gasteiger partial charge in [-0.2, -0.15) is 0 Å². The number of hydrogen-bond donors (Lipinski definition) is 1. The van der Waals surface area contributed by atoms with Crippen LogP contribution in [0.1, 0.15) is 27.6 Å². The minimum atomic E-state index is -0.698. The fourth-order valence-corrected chi connectivity index (χ4v) is 4.63. The van der Waals surface area contributed by atoms with Crippen molar-refractivity contribution in [2.75, 3.05) is 4.90 Å². The van der Waals surface area contributed by atoms with Gasteiger partial charge in [0.15, 0.2) is 0 Å². The number of rotatable bonds is 3. The molecule has 1 amide bonds. The molecule has 1 aliphatic rings. The van der Waals surface area contributed by atoms with Gasteiger partial charge in [-0.1, -0.05) is 29.3 Å². The van der Waals surface area contributed by atoms with Gasteiger partial charge in [0.05, 0.1) is 5.57 Å². The van der Waals surface area contributed by atoms with Crippen molar-refractivity contribution >= 4 is 46.1 Å². The molecule has 1 fully saturated rings. The zero-order chi connectivity index (χ0) is 20.7. The lowest BCUT2D eigenvalue weighted by molar-refractivity contribution is -0.132. The lowest BCUT2D eigenvalue weighted by Gasteiger charge is -2.25. The molecule has 2 aromatic carbocycles. The van der Waals surface area contributed by atoms with E-state index in [9.17, 15) is 14.7 Å². The molecule has 3 aromatic rings. The van der Waals surface area contributed by atoms with Crippen LogP contribution in [0.3, 0.4) is 0 Å². The van der Waals surface area contributed by atoms with Crippen molar-refractivity contribution in [2.45, 2.75) is 19.9 Å². The average molecular weight is 424 g/mol. The first-order chi connectivity index (χ1) is 13.9. The molecule has 0 saturated carbocycles. The molecule has 6 heteroatoms. The maximum Gasteiger partial charge on any atom is 0.300 e. The molecule has 0 bridgehead atoms. The van der Waals surface area contributed by atoms with E-state index in [4.69, 9.17) is 11.6 Å². The van der Waals surface area contributed by atoms with Crippen LogP contribution in [0, 0.1) is 13.8 Å². The smallest absolute Gasteiger partial charge is 0.300 e. The van der Waals surface area contributed by atoms with E-state index in [0.717, 1.165) is 16.0 Å². The van der Waals surface area contributed by atoms with Gasteiger partial charge < -0.3 is 5.11 Å². The summed E-state index contributed by atoms with van der Waals surface area (Å²) in [6.45, 7) is 3.89. The number of aliphatic hydroxyl groups excluding tert-OH is 1. The third-order valence-corrected chi connectivity index (χ3v) is 6.35. The molecule has 2 heterocycles. The zero-order valence-electron chi connectivity index (χ0n) is 15.8. The molecule has 29 heavy (non-hydrogen) atoms. The number of aryl methyl sites for hydroxylation is 2. The predicted octanol–water partition coefficient (Wildman–Crippen LogP) is 5.64. The fourth-order valence-electron chi connectivity index (χ4n) is 3.48. The van der Waals surface area contributed by atoms with Gasteiger partial charge in [-0.05, 0) is 67.3 Å². The Bertz CT molecular complexity index is 1130. The van der Waals surface area contributed by atoms with E-state index in [0.29, 0.717) is 16.3 Å². The van der Waals surface area contributed by atoms with Crippen LogP contribution in [-0.2, 0) is 9.59 Å². The summed E-state index contributed by atoms with van der Waals surface area (Å²) in [5.74, 6) is -1.55. The van der Waals surface area contributed by atoms with E-state index in [1.807, 2.05) is 49.6 Å². The Morgan fingerprint density at radius 1 is 1.00 bits per heavy atom. The summed E-state index contributed by atoms with van der Waals surface area (Å²) in [6, 6.07) is 15.2. The summed E-state index contributed by atoms with van der Waals surface area (Å²) in [4.78, 5) is 28.4. The van der Waals surface area contributed by atoms with Crippen LogP contribution in [0.2, 0.25) is 5.02 Å². The Balaban J connectivity index is 1.94. The van der Waals surface area contributed by atoms with Gasteiger partial charge in [0.25, 0.3) is 11.7 Å². The van der Waals surface area contributed by atoms with Crippen LogP contribution >= 0.6 is 22.9 Å². The molecule has 0 radical (unpaired) electrons. The van der Waals surface area contributed by atoms with Crippen LogP contribution in [0.5, 0.6) is 0 Å². The second kappa shape index (κ2) is 7.50. The highest BCUT2D eigenvalue weighted by atomic mass is 35.5. The average Bonchev–Trinajstić information content (AvgIpc) is 3.24. The summed E-state index contributed by atoms with van der Waals surface area (Å²) in [6.07, 6.45) is 0. The Morgan fingerprint density at radius 2 is 1.66 bits per heavy atom. The maximum absolute atomic E-state index is 13.0. The topological polar surface area (TPSA) is 57.6 Å². The van der Waals surface area contributed by atoms with Gasteiger partial charge in [0, 0.05) is 21.2 Å². The highest BCUT2D eigenvalue weighted by Crippen LogP contribution is 2.44. The molecule has 1 N–H and O–H groups in total. The molecule has 0 aliphatic carbocycles. The van der Waals surface area contributed by atoms with Crippen molar-refractivity contribution in [1.29, 1.82) is 0 Å². The second-order valence-electron chi connectivity index (χ2n) is 6.98. The van der Waals surface area contributed by atoms with Crippen LogP contribution in [0.4, 0.5) is 5.69 Å². The number of carbonyl (C=O) groups excluding carboxylic acids is 2. The Hall–Kier alpha value is -2.89. The van der Waals surface area contributed by atoms with Crippen molar-refractivity contribution in [3.8, 4) is 0 Å².